The van der Waals surface area contributed by atoms with Crippen LogP contribution in [0.1, 0.15) is 32.1 Å². The highest BCUT2D eigenvalue weighted by Crippen LogP contribution is 2.29. The van der Waals surface area contributed by atoms with E-state index < -0.39 is 0 Å². The standard InChI is InChI=1S/C18H29N5O/c1-21(2)16-7-10-19-18(20-16)23-11-8-14(9-12-23)13-22(3)17(24)15-5-4-6-15/h7,10,14-15H,4-6,8-9,11-13H2,1-3H3. The second kappa shape index (κ2) is 7.36. The Hall–Kier alpha value is -1.85. The lowest BCUT2D eigenvalue weighted by Crippen LogP contribution is -2.42. The molecule has 6 nitrogen and oxygen atoms in total. The summed E-state index contributed by atoms with van der Waals surface area (Å²) in [7, 11) is 5.96. The maximum atomic E-state index is 12.3. The lowest BCUT2D eigenvalue weighted by molar-refractivity contribution is -0.137. The smallest absolute Gasteiger partial charge is 0.227 e. The first kappa shape index (κ1) is 17.0. The highest BCUT2D eigenvalue weighted by molar-refractivity contribution is 5.79. The quantitative estimate of drug-likeness (QED) is 0.826. The van der Waals surface area contributed by atoms with Crippen molar-refractivity contribution in [3.63, 3.8) is 0 Å². The van der Waals surface area contributed by atoms with Gasteiger partial charge in [-0.15, -0.1) is 0 Å². The minimum Gasteiger partial charge on any atom is -0.363 e. The topological polar surface area (TPSA) is 52.6 Å². The third kappa shape index (κ3) is 3.79. The lowest BCUT2D eigenvalue weighted by Gasteiger charge is -2.36. The maximum absolute atomic E-state index is 12.3. The van der Waals surface area contributed by atoms with Gasteiger partial charge in [0, 0.05) is 52.9 Å². The molecule has 1 saturated heterocycles. The Balaban J connectivity index is 1.50. The van der Waals surface area contributed by atoms with Gasteiger partial charge in [0.2, 0.25) is 11.9 Å². The van der Waals surface area contributed by atoms with Crippen molar-refractivity contribution in [1.29, 1.82) is 0 Å². The van der Waals surface area contributed by atoms with Crippen molar-refractivity contribution >= 4 is 17.7 Å². The fourth-order valence-electron chi connectivity index (χ4n) is 3.50. The van der Waals surface area contributed by atoms with Crippen molar-refractivity contribution in [2.75, 3.05) is 50.6 Å². The SMILES string of the molecule is CN(CC1CCN(c2nccc(N(C)C)n2)CC1)C(=O)C1CCC1. The Morgan fingerprint density at radius 1 is 1.21 bits per heavy atom. The first-order valence-corrected chi connectivity index (χ1v) is 9.05. The zero-order chi connectivity index (χ0) is 17.1. The number of piperidine rings is 1. The van der Waals surface area contributed by atoms with Crippen molar-refractivity contribution in [2.45, 2.75) is 32.1 Å². The van der Waals surface area contributed by atoms with E-state index in [1.165, 1.54) is 6.42 Å². The molecule has 2 fully saturated rings. The fraction of sp³-hybridized carbons (Fsp3) is 0.722. The molecule has 1 aliphatic heterocycles. The summed E-state index contributed by atoms with van der Waals surface area (Å²) in [4.78, 5) is 27.6. The van der Waals surface area contributed by atoms with Gasteiger partial charge in [-0.05, 0) is 37.7 Å². The number of hydrogen-bond acceptors (Lipinski definition) is 5. The minimum absolute atomic E-state index is 0.303. The lowest BCUT2D eigenvalue weighted by atomic mass is 9.84. The molecule has 2 aliphatic rings. The van der Waals surface area contributed by atoms with Gasteiger partial charge < -0.3 is 14.7 Å². The van der Waals surface area contributed by atoms with Crippen LogP contribution in [-0.2, 0) is 4.79 Å². The van der Waals surface area contributed by atoms with Crippen LogP contribution in [0.15, 0.2) is 12.3 Å². The Labute approximate surface area is 144 Å². The number of anilines is 2. The van der Waals surface area contributed by atoms with Gasteiger partial charge in [-0.3, -0.25) is 4.79 Å². The van der Waals surface area contributed by atoms with Crippen LogP contribution >= 0.6 is 0 Å². The molecule has 2 heterocycles. The van der Waals surface area contributed by atoms with E-state index in [1.54, 1.807) is 0 Å². The zero-order valence-electron chi connectivity index (χ0n) is 15.1. The van der Waals surface area contributed by atoms with E-state index in [4.69, 9.17) is 0 Å². The molecular weight excluding hydrogens is 302 g/mol. The molecule has 1 amide bonds. The van der Waals surface area contributed by atoms with Crippen LogP contribution in [-0.4, -0.2) is 61.6 Å². The molecule has 6 heteroatoms. The molecule has 24 heavy (non-hydrogen) atoms. The molecule has 0 radical (unpaired) electrons. The molecule has 0 N–H and O–H groups in total. The van der Waals surface area contributed by atoms with E-state index in [0.717, 1.165) is 57.1 Å². The van der Waals surface area contributed by atoms with Crippen LogP contribution in [0, 0.1) is 11.8 Å². The number of carbonyl (C=O) groups excluding carboxylic acids is 1. The monoisotopic (exact) mass is 331 g/mol. The summed E-state index contributed by atoms with van der Waals surface area (Å²) < 4.78 is 0. The summed E-state index contributed by atoms with van der Waals surface area (Å²) in [5, 5.41) is 0. The molecule has 0 unspecified atom stereocenters. The third-order valence-electron chi connectivity index (χ3n) is 5.35. The van der Waals surface area contributed by atoms with Crippen LogP contribution in [0.3, 0.4) is 0 Å². The van der Waals surface area contributed by atoms with Gasteiger partial charge in [0.15, 0.2) is 0 Å². The predicted molar refractivity (Wildman–Crippen MR) is 96.3 cm³/mol. The molecule has 1 aliphatic carbocycles. The Morgan fingerprint density at radius 2 is 1.92 bits per heavy atom. The van der Waals surface area contributed by atoms with E-state index in [1.807, 2.05) is 43.2 Å². The number of rotatable bonds is 5. The van der Waals surface area contributed by atoms with Gasteiger partial charge in [-0.2, -0.15) is 4.98 Å². The van der Waals surface area contributed by atoms with Crippen molar-refractivity contribution < 1.29 is 4.79 Å². The summed E-state index contributed by atoms with van der Waals surface area (Å²) in [6, 6.07) is 1.93. The van der Waals surface area contributed by atoms with E-state index in [-0.39, 0.29) is 0 Å². The summed E-state index contributed by atoms with van der Waals surface area (Å²) in [6.45, 7) is 2.82. The maximum Gasteiger partial charge on any atom is 0.227 e. The summed E-state index contributed by atoms with van der Waals surface area (Å²) in [6.07, 6.45) is 7.40. The Morgan fingerprint density at radius 3 is 2.50 bits per heavy atom. The zero-order valence-corrected chi connectivity index (χ0v) is 15.1. The summed E-state index contributed by atoms with van der Waals surface area (Å²) in [5.74, 6) is 3.00. The summed E-state index contributed by atoms with van der Waals surface area (Å²) >= 11 is 0. The first-order valence-electron chi connectivity index (χ1n) is 9.05. The van der Waals surface area contributed by atoms with Crippen LogP contribution in [0.4, 0.5) is 11.8 Å². The molecule has 1 aromatic rings. The van der Waals surface area contributed by atoms with Crippen LogP contribution < -0.4 is 9.80 Å². The molecule has 1 saturated carbocycles. The average molecular weight is 331 g/mol. The average Bonchev–Trinajstić information content (AvgIpc) is 2.54. The number of hydrogen-bond donors (Lipinski definition) is 0. The number of amides is 1. The molecule has 1 aromatic heterocycles. The van der Waals surface area contributed by atoms with E-state index in [2.05, 4.69) is 14.9 Å². The van der Waals surface area contributed by atoms with Gasteiger partial charge in [0.25, 0.3) is 0 Å². The van der Waals surface area contributed by atoms with Gasteiger partial charge in [0.1, 0.15) is 5.82 Å². The molecule has 0 atom stereocenters. The first-order chi connectivity index (χ1) is 11.5. The molecule has 0 bridgehead atoms. The van der Waals surface area contributed by atoms with E-state index in [0.29, 0.717) is 17.7 Å². The molecule has 132 valence electrons. The molecule has 0 spiro atoms. The molecular formula is C18H29N5O. The van der Waals surface area contributed by atoms with Gasteiger partial charge in [-0.25, -0.2) is 4.98 Å². The minimum atomic E-state index is 0.303. The molecule has 3 rings (SSSR count). The Bertz CT molecular complexity index is 564. The van der Waals surface area contributed by atoms with Gasteiger partial charge in [0.05, 0.1) is 0 Å². The summed E-state index contributed by atoms with van der Waals surface area (Å²) in [5.41, 5.74) is 0. The second-order valence-corrected chi connectivity index (χ2v) is 7.39. The van der Waals surface area contributed by atoms with Crippen molar-refractivity contribution in [3.05, 3.63) is 12.3 Å². The normalized spacial score (nSPS) is 19.0. The highest BCUT2D eigenvalue weighted by atomic mass is 16.2. The van der Waals surface area contributed by atoms with Crippen molar-refractivity contribution in [2.24, 2.45) is 11.8 Å². The second-order valence-electron chi connectivity index (χ2n) is 7.39. The van der Waals surface area contributed by atoms with Crippen LogP contribution in [0.2, 0.25) is 0 Å². The molecule has 0 aromatic carbocycles. The van der Waals surface area contributed by atoms with E-state index in [9.17, 15) is 4.79 Å². The predicted octanol–water partition coefficient (Wildman–Crippen LogP) is 2.02. The largest absolute Gasteiger partial charge is 0.363 e. The third-order valence-corrected chi connectivity index (χ3v) is 5.35. The van der Waals surface area contributed by atoms with Crippen LogP contribution in [0.25, 0.3) is 0 Å². The van der Waals surface area contributed by atoms with E-state index >= 15 is 0 Å². The number of aromatic nitrogens is 2. The van der Waals surface area contributed by atoms with Gasteiger partial charge in [-0.1, -0.05) is 6.42 Å². The Kier molecular flexibility index (Phi) is 5.21. The number of carbonyl (C=O) groups is 1. The van der Waals surface area contributed by atoms with Gasteiger partial charge >= 0.3 is 0 Å². The van der Waals surface area contributed by atoms with Crippen molar-refractivity contribution in [1.82, 2.24) is 14.9 Å². The van der Waals surface area contributed by atoms with Crippen LogP contribution in [0.5, 0.6) is 0 Å². The highest BCUT2D eigenvalue weighted by Gasteiger charge is 2.30. The van der Waals surface area contributed by atoms with Crippen molar-refractivity contribution in [3.8, 4) is 0 Å². The number of nitrogens with zero attached hydrogens (tertiary/aromatic N) is 5. The fourth-order valence-corrected chi connectivity index (χ4v) is 3.50.